The molecule has 0 radical (unpaired) electrons. The maximum absolute atomic E-state index is 11.2. The number of rotatable bonds is 3. The molecule has 0 fully saturated rings. The topological polar surface area (TPSA) is 113 Å². The highest BCUT2D eigenvalue weighted by Crippen LogP contribution is 2.28. The molecule has 0 aliphatic rings. The molecule has 7 nitrogen and oxygen atoms in total. The maximum atomic E-state index is 11.2. The minimum absolute atomic E-state index is 0.0371. The van der Waals surface area contributed by atoms with Crippen molar-refractivity contribution < 1.29 is 0 Å². The van der Waals surface area contributed by atoms with E-state index in [0.29, 0.717) is 5.69 Å². The molecule has 7 heteroatoms. The Morgan fingerprint density at radius 1 is 1.33 bits per heavy atom. The Bertz CT molecular complexity index is 633. The first-order valence-corrected chi connectivity index (χ1v) is 5.17. The number of nitrogen functional groups attached to an aromatic ring is 1. The van der Waals surface area contributed by atoms with Crippen molar-refractivity contribution in [3.05, 3.63) is 45.2 Å². The number of hydrogen-bond donors (Lipinski definition) is 3. The van der Waals surface area contributed by atoms with E-state index in [4.69, 9.17) is 5.73 Å². The SMILES string of the molecule is Cc1ccc(Nc2nc(=O)[nH]c(N)c2N=O)cc1. The van der Waals surface area contributed by atoms with Gasteiger partial charge < -0.3 is 11.1 Å². The van der Waals surface area contributed by atoms with Crippen molar-refractivity contribution in [3.8, 4) is 0 Å². The number of nitroso groups, excluding NO2 is 1. The van der Waals surface area contributed by atoms with Gasteiger partial charge in [-0.2, -0.15) is 4.98 Å². The Balaban J connectivity index is 2.42. The van der Waals surface area contributed by atoms with Crippen LogP contribution < -0.4 is 16.7 Å². The number of nitrogens with one attached hydrogen (secondary N) is 2. The molecular weight excluding hydrogens is 234 g/mol. The van der Waals surface area contributed by atoms with Crippen LogP contribution in [0.15, 0.2) is 34.2 Å². The van der Waals surface area contributed by atoms with E-state index in [9.17, 15) is 9.70 Å². The molecular formula is C11H11N5O2. The number of aromatic amines is 1. The highest BCUT2D eigenvalue weighted by atomic mass is 16.3. The van der Waals surface area contributed by atoms with Gasteiger partial charge in [0.1, 0.15) is 5.82 Å². The van der Waals surface area contributed by atoms with Gasteiger partial charge in [-0.15, -0.1) is 4.91 Å². The summed E-state index contributed by atoms with van der Waals surface area (Å²) in [7, 11) is 0. The second-order valence-corrected chi connectivity index (χ2v) is 3.74. The lowest BCUT2D eigenvalue weighted by atomic mass is 10.2. The van der Waals surface area contributed by atoms with Gasteiger partial charge >= 0.3 is 5.69 Å². The molecule has 1 heterocycles. The van der Waals surface area contributed by atoms with Crippen LogP contribution in [0.5, 0.6) is 0 Å². The summed E-state index contributed by atoms with van der Waals surface area (Å²) in [5, 5.41) is 5.58. The van der Waals surface area contributed by atoms with Gasteiger partial charge in [0.2, 0.25) is 0 Å². The van der Waals surface area contributed by atoms with E-state index in [2.05, 4.69) is 20.5 Å². The number of aryl methyl sites for hydroxylation is 1. The van der Waals surface area contributed by atoms with Gasteiger partial charge in [-0.1, -0.05) is 17.7 Å². The van der Waals surface area contributed by atoms with Crippen LogP contribution in [-0.4, -0.2) is 9.97 Å². The van der Waals surface area contributed by atoms with Gasteiger partial charge in [0.15, 0.2) is 11.5 Å². The molecule has 2 rings (SSSR count). The number of hydrogen-bond acceptors (Lipinski definition) is 6. The average Bonchev–Trinajstić information content (AvgIpc) is 2.32. The Morgan fingerprint density at radius 3 is 2.61 bits per heavy atom. The van der Waals surface area contributed by atoms with Gasteiger partial charge in [0.25, 0.3) is 0 Å². The fraction of sp³-hybridized carbons (Fsp3) is 0.0909. The molecule has 0 aliphatic heterocycles. The van der Waals surface area contributed by atoms with Gasteiger partial charge in [-0.25, -0.2) is 4.79 Å². The number of nitrogens with two attached hydrogens (primary N) is 1. The summed E-state index contributed by atoms with van der Waals surface area (Å²) in [5.74, 6) is -0.0743. The van der Waals surface area contributed by atoms with Crippen LogP contribution in [0.4, 0.5) is 23.0 Å². The molecule has 92 valence electrons. The Morgan fingerprint density at radius 2 is 2.00 bits per heavy atom. The van der Waals surface area contributed by atoms with Crippen LogP contribution in [0.1, 0.15) is 5.56 Å². The van der Waals surface area contributed by atoms with Crippen molar-refractivity contribution in [1.82, 2.24) is 9.97 Å². The molecule has 1 aromatic heterocycles. The van der Waals surface area contributed by atoms with Crippen LogP contribution in [-0.2, 0) is 0 Å². The van der Waals surface area contributed by atoms with E-state index < -0.39 is 5.69 Å². The van der Waals surface area contributed by atoms with Crippen LogP contribution in [0, 0.1) is 11.8 Å². The third-order valence-corrected chi connectivity index (χ3v) is 2.34. The molecule has 18 heavy (non-hydrogen) atoms. The predicted molar refractivity (Wildman–Crippen MR) is 69.2 cm³/mol. The zero-order chi connectivity index (χ0) is 13.1. The van der Waals surface area contributed by atoms with Gasteiger partial charge in [-0.3, -0.25) is 4.98 Å². The van der Waals surface area contributed by atoms with Gasteiger partial charge in [0.05, 0.1) is 0 Å². The molecule has 0 atom stereocenters. The largest absolute Gasteiger partial charge is 0.383 e. The van der Waals surface area contributed by atoms with Gasteiger partial charge in [0, 0.05) is 5.69 Å². The zero-order valence-corrected chi connectivity index (χ0v) is 9.60. The highest BCUT2D eigenvalue weighted by Gasteiger charge is 2.11. The third kappa shape index (κ3) is 2.34. The zero-order valence-electron chi connectivity index (χ0n) is 9.60. The standard InChI is InChI=1S/C11H11N5O2/c1-6-2-4-7(5-3-6)13-10-8(16-18)9(12)14-11(17)15-10/h2-5H,1H3,(H4,12,13,14,15,17). The number of benzene rings is 1. The average molecular weight is 245 g/mol. The minimum Gasteiger partial charge on any atom is -0.383 e. The Labute approximate surface area is 102 Å². The van der Waals surface area contributed by atoms with E-state index in [0.717, 1.165) is 5.56 Å². The van der Waals surface area contributed by atoms with Crippen LogP contribution in [0.25, 0.3) is 0 Å². The van der Waals surface area contributed by atoms with Crippen LogP contribution in [0.2, 0.25) is 0 Å². The quantitative estimate of drug-likeness (QED) is 0.713. The second kappa shape index (κ2) is 4.66. The molecule has 0 bridgehead atoms. The molecule has 0 saturated heterocycles. The summed E-state index contributed by atoms with van der Waals surface area (Å²) >= 11 is 0. The summed E-state index contributed by atoms with van der Waals surface area (Å²) in [6, 6.07) is 7.35. The van der Waals surface area contributed by atoms with Crippen LogP contribution >= 0.6 is 0 Å². The molecule has 0 unspecified atom stereocenters. The third-order valence-electron chi connectivity index (χ3n) is 2.34. The number of nitrogens with zero attached hydrogens (tertiary/aromatic N) is 2. The molecule has 0 aliphatic carbocycles. The fourth-order valence-corrected chi connectivity index (χ4v) is 1.44. The van der Waals surface area contributed by atoms with Crippen molar-refractivity contribution in [2.45, 2.75) is 6.92 Å². The van der Waals surface area contributed by atoms with E-state index >= 15 is 0 Å². The second-order valence-electron chi connectivity index (χ2n) is 3.74. The van der Waals surface area contributed by atoms with Crippen molar-refractivity contribution in [2.24, 2.45) is 5.18 Å². The van der Waals surface area contributed by atoms with Crippen molar-refractivity contribution in [2.75, 3.05) is 11.1 Å². The first kappa shape index (κ1) is 11.8. The van der Waals surface area contributed by atoms with E-state index in [1.54, 1.807) is 12.1 Å². The molecule has 1 aromatic carbocycles. The summed E-state index contributed by atoms with van der Waals surface area (Å²) in [4.78, 5) is 27.7. The predicted octanol–water partition coefficient (Wildman–Crippen LogP) is 1.80. The maximum Gasteiger partial charge on any atom is 0.348 e. The first-order valence-electron chi connectivity index (χ1n) is 5.17. The van der Waals surface area contributed by atoms with E-state index in [1.807, 2.05) is 19.1 Å². The summed E-state index contributed by atoms with van der Waals surface area (Å²) < 4.78 is 0. The first-order chi connectivity index (χ1) is 8.60. The summed E-state index contributed by atoms with van der Waals surface area (Å²) in [6.07, 6.45) is 0. The number of anilines is 3. The summed E-state index contributed by atoms with van der Waals surface area (Å²) in [5.41, 5.74) is 6.50. The molecule has 0 amide bonds. The molecule has 0 spiro atoms. The Kier molecular flexibility index (Phi) is 3.05. The lowest BCUT2D eigenvalue weighted by Crippen LogP contribution is -2.14. The molecule has 2 aromatic rings. The van der Waals surface area contributed by atoms with Crippen molar-refractivity contribution >= 4 is 23.0 Å². The van der Waals surface area contributed by atoms with E-state index in [1.165, 1.54) is 0 Å². The van der Waals surface area contributed by atoms with Gasteiger partial charge in [-0.05, 0) is 24.2 Å². The highest BCUT2D eigenvalue weighted by molar-refractivity contribution is 5.75. The number of aromatic nitrogens is 2. The number of H-pyrrole nitrogens is 1. The van der Waals surface area contributed by atoms with Crippen molar-refractivity contribution in [1.29, 1.82) is 0 Å². The normalized spacial score (nSPS) is 10.1. The van der Waals surface area contributed by atoms with E-state index in [-0.39, 0.29) is 17.3 Å². The minimum atomic E-state index is -0.644. The molecule has 4 N–H and O–H groups in total. The smallest absolute Gasteiger partial charge is 0.348 e. The Hall–Kier alpha value is -2.70. The van der Waals surface area contributed by atoms with Crippen LogP contribution in [0.3, 0.4) is 0 Å². The monoisotopic (exact) mass is 245 g/mol. The lowest BCUT2D eigenvalue weighted by molar-refractivity contribution is 1.08. The lowest BCUT2D eigenvalue weighted by Gasteiger charge is -2.07. The fourth-order valence-electron chi connectivity index (χ4n) is 1.44. The van der Waals surface area contributed by atoms with Crippen molar-refractivity contribution in [3.63, 3.8) is 0 Å². The summed E-state index contributed by atoms with van der Waals surface area (Å²) in [6.45, 7) is 1.95. The molecule has 0 saturated carbocycles.